The molecule has 0 radical (unpaired) electrons. The minimum absolute atomic E-state index is 0.112. The van der Waals surface area contributed by atoms with Crippen LogP contribution in [0.1, 0.15) is 5.69 Å². The zero-order valence-electron chi connectivity index (χ0n) is 9.05. The summed E-state index contributed by atoms with van der Waals surface area (Å²) in [4.78, 5) is 14.7. The Morgan fingerprint density at radius 3 is 2.53 bits per heavy atom. The van der Waals surface area contributed by atoms with Gasteiger partial charge in [-0.15, -0.1) is 0 Å². The van der Waals surface area contributed by atoms with Crippen LogP contribution in [0.3, 0.4) is 0 Å². The van der Waals surface area contributed by atoms with Gasteiger partial charge in [0.25, 0.3) is 0 Å². The summed E-state index contributed by atoms with van der Waals surface area (Å²) in [5.74, 6) is 0. The van der Waals surface area contributed by atoms with E-state index in [-0.39, 0.29) is 10.7 Å². The Bertz CT molecular complexity index is 570. The summed E-state index contributed by atoms with van der Waals surface area (Å²) in [5.41, 5.74) is 1.49. The zero-order valence-corrected chi connectivity index (χ0v) is 9.81. The van der Waals surface area contributed by atoms with Gasteiger partial charge in [0.2, 0.25) is 0 Å². The number of nitro groups is 1. The van der Waals surface area contributed by atoms with Gasteiger partial charge in [0.1, 0.15) is 10.7 Å². The Balaban J connectivity index is 2.72. The maximum Gasteiger partial charge on any atom is 0.313 e. The molecule has 5 heteroatoms. The van der Waals surface area contributed by atoms with Crippen molar-refractivity contribution in [3.05, 3.63) is 57.2 Å². The smallest absolute Gasteiger partial charge is 0.258 e. The van der Waals surface area contributed by atoms with Crippen LogP contribution in [-0.2, 0) is 0 Å². The van der Waals surface area contributed by atoms with Gasteiger partial charge >= 0.3 is 5.69 Å². The lowest BCUT2D eigenvalue weighted by Crippen LogP contribution is -1.97. The Morgan fingerprint density at radius 2 is 1.94 bits per heavy atom. The van der Waals surface area contributed by atoms with E-state index in [9.17, 15) is 10.1 Å². The van der Waals surface area contributed by atoms with Gasteiger partial charge in [0.05, 0.1) is 4.92 Å². The van der Waals surface area contributed by atoms with Crippen LogP contribution in [0.5, 0.6) is 0 Å². The van der Waals surface area contributed by atoms with Gasteiger partial charge in [0, 0.05) is 11.3 Å². The largest absolute Gasteiger partial charge is 0.313 e. The number of rotatable bonds is 2. The van der Waals surface area contributed by atoms with Crippen molar-refractivity contribution < 1.29 is 4.92 Å². The molecule has 0 aliphatic carbocycles. The summed E-state index contributed by atoms with van der Waals surface area (Å²) >= 11 is 5.90. The molecule has 4 nitrogen and oxygen atoms in total. The van der Waals surface area contributed by atoms with Crippen molar-refractivity contribution in [1.29, 1.82) is 0 Å². The van der Waals surface area contributed by atoms with E-state index in [1.807, 2.05) is 6.07 Å². The predicted molar refractivity (Wildman–Crippen MR) is 66.1 cm³/mol. The normalized spacial score (nSPS) is 10.2. The average molecular weight is 249 g/mol. The van der Waals surface area contributed by atoms with Crippen LogP contribution in [-0.4, -0.2) is 9.91 Å². The molecule has 0 aliphatic rings. The van der Waals surface area contributed by atoms with Crippen LogP contribution in [0, 0.1) is 17.0 Å². The molecule has 0 saturated carbocycles. The molecule has 0 saturated heterocycles. The van der Waals surface area contributed by atoms with Crippen LogP contribution in [0.15, 0.2) is 36.4 Å². The first-order valence-corrected chi connectivity index (χ1v) is 5.34. The van der Waals surface area contributed by atoms with Crippen LogP contribution >= 0.6 is 11.6 Å². The van der Waals surface area contributed by atoms with Crippen molar-refractivity contribution in [1.82, 2.24) is 4.98 Å². The van der Waals surface area contributed by atoms with Crippen LogP contribution in [0.2, 0.25) is 5.02 Å². The Hall–Kier alpha value is -1.94. The fourth-order valence-corrected chi connectivity index (χ4v) is 1.91. The number of hydrogen-bond acceptors (Lipinski definition) is 3. The quantitative estimate of drug-likeness (QED) is 0.602. The molecule has 17 heavy (non-hydrogen) atoms. The number of halogens is 1. The molecule has 2 rings (SSSR count). The SMILES string of the molecule is Cc1cc(Cl)c([N+](=O)[O-])c(-c2ccccc2)n1. The van der Waals surface area contributed by atoms with E-state index in [0.29, 0.717) is 17.0 Å². The number of aryl methyl sites for hydroxylation is 1. The first kappa shape index (κ1) is 11.5. The molecular weight excluding hydrogens is 240 g/mol. The lowest BCUT2D eigenvalue weighted by Gasteiger charge is -2.05. The zero-order chi connectivity index (χ0) is 12.4. The number of aromatic nitrogens is 1. The third-order valence-electron chi connectivity index (χ3n) is 2.30. The van der Waals surface area contributed by atoms with Gasteiger partial charge in [0.15, 0.2) is 0 Å². The van der Waals surface area contributed by atoms with Crippen molar-refractivity contribution >= 4 is 17.3 Å². The van der Waals surface area contributed by atoms with Crippen molar-refractivity contribution in [3.8, 4) is 11.3 Å². The molecule has 2 aromatic rings. The summed E-state index contributed by atoms with van der Waals surface area (Å²) in [6.07, 6.45) is 0. The maximum absolute atomic E-state index is 11.0. The second-order valence-corrected chi connectivity index (χ2v) is 3.97. The summed E-state index contributed by atoms with van der Waals surface area (Å²) in [7, 11) is 0. The third kappa shape index (κ3) is 2.26. The topological polar surface area (TPSA) is 56.0 Å². The van der Waals surface area contributed by atoms with Gasteiger partial charge in [-0.2, -0.15) is 0 Å². The number of hydrogen-bond donors (Lipinski definition) is 0. The highest BCUT2D eigenvalue weighted by molar-refractivity contribution is 6.33. The van der Waals surface area contributed by atoms with E-state index in [1.54, 1.807) is 31.2 Å². The second kappa shape index (κ2) is 4.51. The first-order chi connectivity index (χ1) is 8.09. The summed E-state index contributed by atoms with van der Waals surface area (Å²) in [6.45, 7) is 1.75. The lowest BCUT2D eigenvalue weighted by molar-refractivity contribution is -0.384. The molecule has 0 aliphatic heterocycles. The molecule has 0 N–H and O–H groups in total. The highest BCUT2D eigenvalue weighted by Crippen LogP contribution is 2.34. The number of nitrogens with zero attached hydrogens (tertiary/aromatic N) is 2. The molecule has 0 spiro atoms. The van der Waals surface area contributed by atoms with Crippen molar-refractivity contribution in [2.24, 2.45) is 0 Å². The van der Waals surface area contributed by atoms with E-state index in [1.165, 1.54) is 6.07 Å². The van der Waals surface area contributed by atoms with Crippen LogP contribution in [0.25, 0.3) is 11.3 Å². The average Bonchev–Trinajstić information content (AvgIpc) is 2.28. The van der Waals surface area contributed by atoms with Gasteiger partial charge < -0.3 is 0 Å². The second-order valence-electron chi connectivity index (χ2n) is 3.57. The molecule has 86 valence electrons. The minimum Gasteiger partial charge on any atom is -0.258 e. The first-order valence-electron chi connectivity index (χ1n) is 4.96. The molecule has 0 atom stereocenters. The van der Waals surface area contributed by atoms with Crippen molar-refractivity contribution in [3.63, 3.8) is 0 Å². The van der Waals surface area contributed by atoms with Gasteiger partial charge in [-0.3, -0.25) is 10.1 Å². The summed E-state index contributed by atoms with van der Waals surface area (Å²) in [6, 6.07) is 10.5. The highest BCUT2D eigenvalue weighted by atomic mass is 35.5. The molecule has 1 aromatic heterocycles. The molecule has 0 unspecified atom stereocenters. The molecule has 0 amide bonds. The van der Waals surface area contributed by atoms with E-state index < -0.39 is 4.92 Å². The summed E-state index contributed by atoms with van der Waals surface area (Å²) < 4.78 is 0. The van der Waals surface area contributed by atoms with Gasteiger partial charge in [-0.05, 0) is 13.0 Å². The predicted octanol–water partition coefficient (Wildman–Crippen LogP) is 3.62. The van der Waals surface area contributed by atoms with Gasteiger partial charge in [-0.1, -0.05) is 41.9 Å². The minimum atomic E-state index is -0.503. The highest BCUT2D eigenvalue weighted by Gasteiger charge is 2.21. The van der Waals surface area contributed by atoms with Crippen LogP contribution < -0.4 is 0 Å². The number of pyridine rings is 1. The van der Waals surface area contributed by atoms with E-state index >= 15 is 0 Å². The fourth-order valence-electron chi connectivity index (χ4n) is 1.60. The van der Waals surface area contributed by atoms with E-state index in [2.05, 4.69) is 4.98 Å². The molecule has 1 heterocycles. The van der Waals surface area contributed by atoms with Gasteiger partial charge in [-0.25, -0.2) is 4.98 Å². The van der Waals surface area contributed by atoms with Crippen LogP contribution in [0.4, 0.5) is 5.69 Å². The maximum atomic E-state index is 11.0. The Morgan fingerprint density at radius 1 is 1.29 bits per heavy atom. The molecular formula is C12H9ClN2O2. The third-order valence-corrected chi connectivity index (χ3v) is 2.59. The Labute approximate surface area is 103 Å². The van der Waals surface area contributed by atoms with Crippen molar-refractivity contribution in [2.45, 2.75) is 6.92 Å². The van der Waals surface area contributed by atoms with Crippen molar-refractivity contribution in [2.75, 3.05) is 0 Å². The fraction of sp³-hybridized carbons (Fsp3) is 0.0833. The molecule has 0 fully saturated rings. The standard InChI is InChI=1S/C12H9ClN2O2/c1-8-7-10(13)12(15(16)17)11(14-8)9-5-3-2-4-6-9/h2-7H,1H3. The molecule has 1 aromatic carbocycles. The number of benzene rings is 1. The summed E-state index contributed by atoms with van der Waals surface area (Å²) in [5, 5.41) is 11.1. The van der Waals surface area contributed by atoms with E-state index in [4.69, 9.17) is 11.6 Å². The molecule has 0 bridgehead atoms. The monoisotopic (exact) mass is 248 g/mol. The Kier molecular flexibility index (Phi) is 3.06. The van der Waals surface area contributed by atoms with E-state index in [0.717, 1.165) is 0 Å². The lowest BCUT2D eigenvalue weighted by atomic mass is 10.1.